The Hall–Kier alpha value is -3.42. The van der Waals surface area contributed by atoms with Crippen molar-refractivity contribution in [2.75, 3.05) is 37.1 Å². The van der Waals surface area contributed by atoms with Crippen LogP contribution in [0, 0.1) is 0 Å². The fourth-order valence-electron chi connectivity index (χ4n) is 3.10. The van der Waals surface area contributed by atoms with Gasteiger partial charge in [-0.3, -0.25) is 9.59 Å². The SMILES string of the molecule is CNC(=O)[C@@H]1CN(CC(=O)Nc2ccc3c(c2)OCO3)c2ccccc2O1. The molecule has 8 nitrogen and oxygen atoms in total. The van der Waals surface area contributed by atoms with E-state index in [-0.39, 0.29) is 31.7 Å². The van der Waals surface area contributed by atoms with E-state index in [4.69, 9.17) is 14.2 Å². The molecule has 2 N–H and O–H groups in total. The number of rotatable bonds is 4. The number of amides is 2. The third-order valence-corrected chi connectivity index (χ3v) is 4.39. The van der Waals surface area contributed by atoms with Gasteiger partial charge < -0.3 is 29.7 Å². The van der Waals surface area contributed by atoms with E-state index in [0.29, 0.717) is 22.9 Å². The fourth-order valence-corrected chi connectivity index (χ4v) is 3.10. The molecule has 0 radical (unpaired) electrons. The number of ether oxygens (including phenoxy) is 3. The number of benzene rings is 2. The van der Waals surface area contributed by atoms with E-state index in [1.807, 2.05) is 23.1 Å². The molecule has 2 aliphatic heterocycles. The third-order valence-electron chi connectivity index (χ3n) is 4.39. The predicted octanol–water partition coefficient (Wildman–Crippen LogP) is 1.37. The van der Waals surface area contributed by atoms with Gasteiger partial charge in [0, 0.05) is 18.8 Å². The highest BCUT2D eigenvalue weighted by Crippen LogP contribution is 2.35. The summed E-state index contributed by atoms with van der Waals surface area (Å²) in [7, 11) is 1.56. The van der Waals surface area contributed by atoms with Crippen LogP contribution < -0.4 is 29.7 Å². The maximum atomic E-state index is 12.6. The molecule has 0 bridgehead atoms. The molecule has 2 aliphatic rings. The van der Waals surface area contributed by atoms with Crippen molar-refractivity contribution < 1.29 is 23.8 Å². The third kappa shape index (κ3) is 3.46. The molecule has 4 rings (SSSR count). The molecule has 0 saturated heterocycles. The summed E-state index contributed by atoms with van der Waals surface area (Å²) in [5, 5.41) is 5.44. The van der Waals surface area contributed by atoms with Gasteiger partial charge >= 0.3 is 0 Å². The number of likely N-dealkylation sites (N-methyl/N-ethyl adjacent to an activating group) is 1. The Morgan fingerprint density at radius 2 is 1.93 bits per heavy atom. The van der Waals surface area contributed by atoms with Gasteiger partial charge in [0.15, 0.2) is 17.6 Å². The second-order valence-electron chi connectivity index (χ2n) is 6.19. The van der Waals surface area contributed by atoms with Crippen LogP contribution in [-0.4, -0.2) is 44.8 Å². The molecule has 0 fully saturated rings. The predicted molar refractivity (Wildman–Crippen MR) is 98.3 cm³/mol. The summed E-state index contributed by atoms with van der Waals surface area (Å²) in [6.45, 7) is 0.547. The summed E-state index contributed by atoms with van der Waals surface area (Å²) in [6, 6.07) is 12.6. The number of anilines is 2. The van der Waals surface area contributed by atoms with Crippen LogP contribution in [0.15, 0.2) is 42.5 Å². The van der Waals surface area contributed by atoms with Crippen molar-refractivity contribution in [1.82, 2.24) is 5.32 Å². The van der Waals surface area contributed by atoms with Crippen LogP contribution in [0.5, 0.6) is 17.2 Å². The minimum atomic E-state index is -0.678. The minimum absolute atomic E-state index is 0.0856. The van der Waals surface area contributed by atoms with E-state index in [0.717, 1.165) is 5.69 Å². The lowest BCUT2D eigenvalue weighted by atomic mass is 10.1. The van der Waals surface area contributed by atoms with Crippen LogP contribution >= 0.6 is 0 Å². The summed E-state index contributed by atoms with van der Waals surface area (Å²) in [5.74, 6) is 1.40. The normalized spacial score (nSPS) is 16.9. The largest absolute Gasteiger partial charge is 0.477 e. The number of hydrogen-bond donors (Lipinski definition) is 2. The monoisotopic (exact) mass is 369 g/mol. The van der Waals surface area contributed by atoms with E-state index >= 15 is 0 Å². The Bertz CT molecular complexity index is 885. The number of nitrogens with one attached hydrogen (secondary N) is 2. The summed E-state index contributed by atoms with van der Waals surface area (Å²) in [6.07, 6.45) is -0.678. The van der Waals surface area contributed by atoms with Crippen molar-refractivity contribution in [3.8, 4) is 17.2 Å². The molecule has 2 amide bonds. The molecule has 2 aromatic rings. The zero-order valence-electron chi connectivity index (χ0n) is 14.7. The Balaban J connectivity index is 1.48. The van der Waals surface area contributed by atoms with Crippen molar-refractivity contribution in [2.24, 2.45) is 0 Å². The molecule has 1 atom stereocenters. The molecule has 0 unspecified atom stereocenters. The molecule has 2 heterocycles. The quantitative estimate of drug-likeness (QED) is 0.846. The lowest BCUT2D eigenvalue weighted by Gasteiger charge is -2.34. The molecule has 140 valence electrons. The van der Waals surface area contributed by atoms with Gasteiger partial charge in [0.2, 0.25) is 12.7 Å². The van der Waals surface area contributed by atoms with Gasteiger partial charge in [0.1, 0.15) is 5.75 Å². The van der Waals surface area contributed by atoms with Crippen molar-refractivity contribution in [3.05, 3.63) is 42.5 Å². The first-order valence-corrected chi connectivity index (χ1v) is 8.56. The fraction of sp³-hybridized carbons (Fsp3) is 0.263. The number of nitrogens with zero attached hydrogens (tertiary/aromatic N) is 1. The smallest absolute Gasteiger partial charge is 0.262 e. The van der Waals surface area contributed by atoms with Crippen LogP contribution in [0.25, 0.3) is 0 Å². The lowest BCUT2D eigenvalue weighted by Crippen LogP contribution is -2.50. The topological polar surface area (TPSA) is 89.1 Å². The van der Waals surface area contributed by atoms with Crippen LogP contribution in [0.2, 0.25) is 0 Å². The van der Waals surface area contributed by atoms with Crippen molar-refractivity contribution in [3.63, 3.8) is 0 Å². The molecular weight excluding hydrogens is 350 g/mol. The number of carbonyl (C=O) groups excluding carboxylic acids is 2. The van der Waals surface area contributed by atoms with Gasteiger partial charge in [0.05, 0.1) is 18.8 Å². The highest BCUT2D eigenvalue weighted by Gasteiger charge is 2.31. The van der Waals surface area contributed by atoms with Gasteiger partial charge in [-0.2, -0.15) is 0 Å². The summed E-state index contributed by atoms with van der Waals surface area (Å²) in [5.41, 5.74) is 1.40. The van der Waals surface area contributed by atoms with Crippen LogP contribution in [0.3, 0.4) is 0 Å². The average molecular weight is 369 g/mol. The zero-order chi connectivity index (χ0) is 18.8. The van der Waals surface area contributed by atoms with Gasteiger partial charge in [-0.15, -0.1) is 0 Å². The first kappa shape index (κ1) is 17.0. The molecule has 2 aromatic carbocycles. The van der Waals surface area contributed by atoms with E-state index in [1.165, 1.54) is 0 Å². The van der Waals surface area contributed by atoms with Crippen LogP contribution in [0.4, 0.5) is 11.4 Å². The summed E-state index contributed by atoms with van der Waals surface area (Å²) < 4.78 is 16.3. The van der Waals surface area contributed by atoms with Crippen molar-refractivity contribution in [2.45, 2.75) is 6.10 Å². The van der Waals surface area contributed by atoms with Gasteiger partial charge in [-0.1, -0.05) is 12.1 Å². The molecule has 0 saturated carbocycles. The summed E-state index contributed by atoms with van der Waals surface area (Å²) in [4.78, 5) is 26.4. The number of para-hydroxylation sites is 2. The van der Waals surface area contributed by atoms with Gasteiger partial charge in [-0.25, -0.2) is 0 Å². The van der Waals surface area contributed by atoms with E-state index in [2.05, 4.69) is 10.6 Å². The zero-order valence-corrected chi connectivity index (χ0v) is 14.7. The van der Waals surface area contributed by atoms with Crippen LogP contribution in [-0.2, 0) is 9.59 Å². The lowest BCUT2D eigenvalue weighted by molar-refractivity contribution is -0.127. The van der Waals surface area contributed by atoms with Crippen molar-refractivity contribution >= 4 is 23.2 Å². The molecule has 8 heteroatoms. The Kier molecular flexibility index (Phi) is 4.45. The van der Waals surface area contributed by atoms with E-state index in [9.17, 15) is 9.59 Å². The van der Waals surface area contributed by atoms with Gasteiger partial charge in [-0.05, 0) is 24.3 Å². The first-order chi connectivity index (χ1) is 13.1. The van der Waals surface area contributed by atoms with E-state index < -0.39 is 6.10 Å². The highest BCUT2D eigenvalue weighted by molar-refractivity contribution is 5.95. The molecule has 0 aromatic heterocycles. The second-order valence-corrected chi connectivity index (χ2v) is 6.19. The molecule has 0 spiro atoms. The Morgan fingerprint density at radius 3 is 2.78 bits per heavy atom. The maximum absolute atomic E-state index is 12.6. The number of carbonyl (C=O) groups is 2. The molecular formula is C19H19N3O5. The summed E-state index contributed by atoms with van der Waals surface area (Å²) >= 11 is 0. The number of hydrogen-bond acceptors (Lipinski definition) is 6. The maximum Gasteiger partial charge on any atom is 0.262 e. The molecule has 27 heavy (non-hydrogen) atoms. The van der Waals surface area contributed by atoms with Crippen molar-refractivity contribution in [1.29, 1.82) is 0 Å². The van der Waals surface area contributed by atoms with Crippen LogP contribution in [0.1, 0.15) is 0 Å². The highest BCUT2D eigenvalue weighted by atomic mass is 16.7. The minimum Gasteiger partial charge on any atom is -0.477 e. The average Bonchev–Trinajstić information content (AvgIpc) is 3.15. The second kappa shape index (κ2) is 7.06. The van der Waals surface area contributed by atoms with E-state index in [1.54, 1.807) is 31.3 Å². The Labute approximate surface area is 156 Å². The first-order valence-electron chi connectivity index (χ1n) is 8.56. The number of fused-ring (bicyclic) bond motifs is 2. The van der Waals surface area contributed by atoms with Gasteiger partial charge in [0.25, 0.3) is 5.91 Å². The molecule has 0 aliphatic carbocycles. The standard InChI is InChI=1S/C19H19N3O5/c1-20-19(24)17-9-22(13-4-2-3-5-14(13)27-17)10-18(23)21-12-6-7-15-16(8-12)26-11-25-15/h2-8,17H,9-11H2,1H3,(H,20,24)(H,21,23)/t17-/m0/s1. The Morgan fingerprint density at radius 1 is 1.11 bits per heavy atom.